The van der Waals surface area contributed by atoms with Crippen molar-refractivity contribution in [2.45, 2.75) is 25.8 Å². The molecular weight excluding hydrogens is 535 g/mol. The lowest BCUT2D eigenvalue weighted by Gasteiger charge is -2.33. The average Bonchev–Trinajstić information content (AvgIpc) is 3.07. The predicted molar refractivity (Wildman–Crippen MR) is 133 cm³/mol. The highest BCUT2D eigenvalue weighted by atomic mass is 127. The molecule has 8 nitrogen and oxygen atoms in total. The highest BCUT2D eigenvalue weighted by Gasteiger charge is 2.41. The van der Waals surface area contributed by atoms with Gasteiger partial charge in [-0.1, -0.05) is 23.8 Å². The Bertz CT molecular complexity index is 1220. The molecule has 172 valence electrons. The Morgan fingerprint density at radius 1 is 1.21 bits per heavy atom. The SMILES string of the molecule is COc1cc([C@@H]2c3c(C)nn(C)c3NC(=O)[C@@H]2NC(=O)c2cccc(C)c2)ccc1OCI. The number of nitrogens with zero attached hydrogens (tertiary/aromatic N) is 2. The molecule has 0 unspecified atom stereocenters. The van der Waals surface area contributed by atoms with Gasteiger partial charge in [-0.3, -0.25) is 14.3 Å². The van der Waals surface area contributed by atoms with Gasteiger partial charge in [0.25, 0.3) is 5.91 Å². The summed E-state index contributed by atoms with van der Waals surface area (Å²) >= 11 is 2.12. The first-order valence-electron chi connectivity index (χ1n) is 10.4. The van der Waals surface area contributed by atoms with Gasteiger partial charge in [-0.25, -0.2) is 0 Å². The summed E-state index contributed by atoms with van der Waals surface area (Å²) in [4.78, 5) is 26.3. The number of fused-ring (bicyclic) bond motifs is 1. The molecule has 0 saturated carbocycles. The summed E-state index contributed by atoms with van der Waals surface area (Å²) in [5.74, 6) is 0.712. The van der Waals surface area contributed by atoms with E-state index in [4.69, 9.17) is 9.47 Å². The summed E-state index contributed by atoms with van der Waals surface area (Å²) in [6.45, 7) is 3.82. The fourth-order valence-corrected chi connectivity index (χ4v) is 4.62. The van der Waals surface area contributed by atoms with E-state index in [1.165, 1.54) is 0 Å². The van der Waals surface area contributed by atoms with E-state index in [2.05, 4.69) is 38.3 Å². The zero-order valence-corrected chi connectivity index (χ0v) is 21.0. The van der Waals surface area contributed by atoms with Crippen LogP contribution in [0.15, 0.2) is 42.5 Å². The molecule has 1 aliphatic rings. The number of aromatic nitrogens is 2. The predicted octanol–water partition coefficient (Wildman–Crippen LogP) is 3.70. The summed E-state index contributed by atoms with van der Waals surface area (Å²) in [7, 11) is 3.36. The second kappa shape index (κ2) is 9.42. The van der Waals surface area contributed by atoms with Crippen molar-refractivity contribution >= 4 is 40.2 Å². The normalized spacial score (nSPS) is 17.2. The van der Waals surface area contributed by atoms with Gasteiger partial charge in [0.1, 0.15) is 16.5 Å². The van der Waals surface area contributed by atoms with Crippen molar-refractivity contribution in [2.75, 3.05) is 17.0 Å². The molecule has 1 aliphatic heterocycles. The van der Waals surface area contributed by atoms with E-state index in [1.54, 1.807) is 31.0 Å². The Labute approximate surface area is 205 Å². The monoisotopic (exact) mass is 560 g/mol. The van der Waals surface area contributed by atoms with Crippen molar-refractivity contribution in [3.8, 4) is 11.5 Å². The number of methoxy groups -OCH3 is 1. The first-order chi connectivity index (χ1) is 15.8. The highest BCUT2D eigenvalue weighted by Crippen LogP contribution is 2.41. The topological polar surface area (TPSA) is 94.5 Å². The first-order valence-corrected chi connectivity index (χ1v) is 11.9. The molecule has 0 fully saturated rings. The summed E-state index contributed by atoms with van der Waals surface area (Å²) in [6, 6.07) is 12.0. The summed E-state index contributed by atoms with van der Waals surface area (Å²) in [5, 5.41) is 10.4. The lowest BCUT2D eigenvalue weighted by molar-refractivity contribution is -0.118. The van der Waals surface area contributed by atoms with Crippen molar-refractivity contribution in [2.24, 2.45) is 7.05 Å². The average molecular weight is 560 g/mol. The van der Waals surface area contributed by atoms with Crippen LogP contribution in [0.1, 0.15) is 38.7 Å². The van der Waals surface area contributed by atoms with Crippen LogP contribution in [0, 0.1) is 13.8 Å². The highest BCUT2D eigenvalue weighted by molar-refractivity contribution is 14.1. The molecule has 1 aromatic heterocycles. The maximum Gasteiger partial charge on any atom is 0.251 e. The van der Waals surface area contributed by atoms with Gasteiger partial charge >= 0.3 is 0 Å². The zero-order chi connectivity index (χ0) is 23.7. The minimum atomic E-state index is -0.838. The molecule has 2 atom stereocenters. The Kier molecular flexibility index (Phi) is 6.59. The van der Waals surface area contributed by atoms with Crippen LogP contribution in [0.4, 0.5) is 5.82 Å². The molecule has 4 rings (SSSR count). The summed E-state index contributed by atoms with van der Waals surface area (Å²) in [6.07, 6.45) is 0. The van der Waals surface area contributed by atoms with Gasteiger partial charge in [-0.2, -0.15) is 5.10 Å². The van der Waals surface area contributed by atoms with Crippen molar-refractivity contribution in [3.05, 3.63) is 70.4 Å². The van der Waals surface area contributed by atoms with E-state index in [0.29, 0.717) is 27.5 Å². The van der Waals surface area contributed by atoms with Crippen LogP contribution in [0.25, 0.3) is 0 Å². The number of aryl methyl sites for hydroxylation is 3. The lowest BCUT2D eigenvalue weighted by atomic mass is 9.81. The zero-order valence-electron chi connectivity index (χ0n) is 18.8. The van der Waals surface area contributed by atoms with Crippen LogP contribution in [0.5, 0.6) is 11.5 Å². The number of nitrogens with one attached hydrogen (secondary N) is 2. The van der Waals surface area contributed by atoms with Crippen LogP contribution < -0.4 is 20.1 Å². The molecule has 3 aromatic rings. The molecule has 0 radical (unpaired) electrons. The van der Waals surface area contributed by atoms with Gasteiger partial charge < -0.3 is 20.1 Å². The maximum atomic E-state index is 13.2. The Hall–Kier alpha value is -3.08. The van der Waals surface area contributed by atoms with Crippen LogP contribution in [-0.2, 0) is 11.8 Å². The van der Waals surface area contributed by atoms with E-state index in [0.717, 1.165) is 22.4 Å². The molecule has 2 amide bonds. The van der Waals surface area contributed by atoms with Crippen LogP contribution in [0.3, 0.4) is 0 Å². The lowest BCUT2D eigenvalue weighted by Crippen LogP contribution is -2.50. The molecule has 0 saturated heterocycles. The third-order valence-corrected chi connectivity index (χ3v) is 6.07. The molecular formula is C24H25IN4O4. The molecule has 33 heavy (non-hydrogen) atoms. The van der Waals surface area contributed by atoms with Crippen LogP contribution in [-0.4, -0.2) is 39.4 Å². The minimum Gasteiger partial charge on any atom is -0.493 e. The third kappa shape index (κ3) is 4.41. The number of ether oxygens (including phenoxy) is 2. The number of benzene rings is 2. The number of anilines is 1. The number of carbonyl (C=O) groups excluding carboxylic acids is 2. The van der Waals surface area contributed by atoms with Gasteiger partial charge in [0.2, 0.25) is 5.91 Å². The Morgan fingerprint density at radius 3 is 2.70 bits per heavy atom. The number of amides is 2. The van der Waals surface area contributed by atoms with Crippen molar-refractivity contribution < 1.29 is 19.1 Å². The second-order valence-corrected chi connectivity index (χ2v) is 8.55. The number of carbonyl (C=O) groups is 2. The molecule has 2 aromatic carbocycles. The number of halogens is 1. The van der Waals surface area contributed by atoms with Gasteiger partial charge in [0.05, 0.1) is 12.8 Å². The molecule has 0 bridgehead atoms. The van der Waals surface area contributed by atoms with Gasteiger partial charge in [-0.15, -0.1) is 0 Å². The maximum absolute atomic E-state index is 13.2. The van der Waals surface area contributed by atoms with E-state index in [-0.39, 0.29) is 11.8 Å². The number of rotatable bonds is 6. The van der Waals surface area contributed by atoms with E-state index < -0.39 is 12.0 Å². The molecule has 2 heterocycles. The molecule has 0 spiro atoms. The van der Waals surface area contributed by atoms with Crippen molar-refractivity contribution in [1.29, 1.82) is 0 Å². The van der Waals surface area contributed by atoms with Gasteiger partial charge in [-0.05, 0) is 66.3 Å². The standard InChI is InChI=1S/C24H25IN4O4/c1-13-6-5-7-16(10-13)23(30)26-21-20(15-8-9-17(33-12-25)18(11-15)32-4)19-14(2)28-29(3)22(19)27-24(21)31/h5-11,20-21H,12H2,1-4H3,(H,26,30)(H,27,31)/t20-,21-/m1/s1. The quantitative estimate of drug-likeness (QED) is 0.355. The van der Waals surface area contributed by atoms with E-state index >= 15 is 0 Å². The smallest absolute Gasteiger partial charge is 0.251 e. The Morgan fingerprint density at radius 2 is 2.00 bits per heavy atom. The largest absolute Gasteiger partial charge is 0.493 e. The van der Waals surface area contributed by atoms with Gasteiger partial charge in [0.15, 0.2) is 11.5 Å². The summed E-state index contributed by atoms with van der Waals surface area (Å²) < 4.78 is 13.3. The minimum absolute atomic E-state index is 0.303. The molecule has 0 aliphatic carbocycles. The number of hydrogen-bond donors (Lipinski definition) is 2. The number of hydrogen-bond acceptors (Lipinski definition) is 5. The Balaban J connectivity index is 1.80. The van der Waals surface area contributed by atoms with Crippen LogP contribution in [0.2, 0.25) is 0 Å². The van der Waals surface area contributed by atoms with Crippen molar-refractivity contribution in [3.63, 3.8) is 0 Å². The summed E-state index contributed by atoms with van der Waals surface area (Å²) in [5.41, 5.74) is 3.91. The fourth-order valence-electron chi connectivity index (χ4n) is 4.28. The van der Waals surface area contributed by atoms with Gasteiger partial charge in [0, 0.05) is 24.1 Å². The number of alkyl halides is 1. The first kappa shape index (κ1) is 23.1. The third-order valence-electron chi connectivity index (χ3n) is 5.76. The molecule has 2 N–H and O–H groups in total. The fraction of sp³-hybridized carbons (Fsp3) is 0.292. The molecule has 9 heteroatoms. The van der Waals surface area contributed by atoms with Crippen molar-refractivity contribution in [1.82, 2.24) is 15.1 Å². The van der Waals surface area contributed by atoms with Crippen LogP contribution >= 0.6 is 22.6 Å². The van der Waals surface area contributed by atoms with E-state index in [1.807, 2.05) is 44.2 Å². The van der Waals surface area contributed by atoms with E-state index in [9.17, 15) is 9.59 Å². The second-order valence-electron chi connectivity index (χ2n) is 7.92.